The van der Waals surface area contributed by atoms with Crippen LogP contribution in [0.25, 0.3) is 0 Å². The van der Waals surface area contributed by atoms with Crippen molar-refractivity contribution < 1.29 is 9.53 Å². The number of anilines is 1. The highest BCUT2D eigenvalue weighted by Gasteiger charge is 2.07. The fraction of sp³-hybridized carbons (Fsp3) is 0.133. The Morgan fingerprint density at radius 2 is 1.86 bits per heavy atom. The SMILES string of the molecule is Cc1ccc(OCC(=O)Nc2cc(Cl)cc(Cl)c2)c(Br)c1. The Labute approximate surface area is 141 Å². The minimum atomic E-state index is -0.291. The van der Waals surface area contributed by atoms with E-state index in [9.17, 15) is 4.79 Å². The molecule has 1 N–H and O–H groups in total. The molecular weight excluding hydrogens is 377 g/mol. The van der Waals surface area contributed by atoms with Gasteiger partial charge in [-0.05, 0) is 58.7 Å². The lowest BCUT2D eigenvalue weighted by Gasteiger charge is -2.10. The zero-order chi connectivity index (χ0) is 15.4. The maximum atomic E-state index is 11.8. The number of ether oxygens (including phenoxy) is 1. The molecule has 110 valence electrons. The summed E-state index contributed by atoms with van der Waals surface area (Å²) in [5.74, 6) is 0.320. The van der Waals surface area contributed by atoms with Gasteiger partial charge in [-0.25, -0.2) is 0 Å². The van der Waals surface area contributed by atoms with E-state index in [0.717, 1.165) is 10.0 Å². The van der Waals surface area contributed by atoms with Gasteiger partial charge >= 0.3 is 0 Å². The Morgan fingerprint density at radius 3 is 2.48 bits per heavy atom. The van der Waals surface area contributed by atoms with E-state index in [2.05, 4.69) is 21.2 Å². The largest absolute Gasteiger partial charge is 0.483 e. The predicted octanol–water partition coefficient (Wildman–Crippen LogP) is 5.08. The zero-order valence-corrected chi connectivity index (χ0v) is 14.2. The van der Waals surface area contributed by atoms with Crippen molar-refractivity contribution in [2.24, 2.45) is 0 Å². The topological polar surface area (TPSA) is 38.3 Å². The molecule has 0 aliphatic heterocycles. The number of hydrogen-bond donors (Lipinski definition) is 1. The van der Waals surface area contributed by atoms with Gasteiger partial charge in [0.1, 0.15) is 5.75 Å². The van der Waals surface area contributed by atoms with Gasteiger partial charge in [0.05, 0.1) is 4.47 Å². The number of amides is 1. The number of carbonyl (C=O) groups is 1. The third kappa shape index (κ3) is 4.92. The Bertz CT molecular complexity index is 656. The van der Waals surface area contributed by atoms with Crippen LogP contribution in [0, 0.1) is 6.92 Å². The minimum absolute atomic E-state index is 0.105. The first kappa shape index (κ1) is 16.1. The molecule has 0 bridgehead atoms. The highest BCUT2D eigenvalue weighted by Crippen LogP contribution is 2.26. The van der Waals surface area contributed by atoms with Gasteiger partial charge in [-0.15, -0.1) is 0 Å². The number of nitrogens with one attached hydrogen (secondary N) is 1. The molecule has 1 amide bonds. The standard InChI is InChI=1S/C15H12BrCl2NO2/c1-9-2-3-14(13(16)4-9)21-8-15(20)19-12-6-10(17)5-11(18)7-12/h2-7H,8H2,1H3,(H,19,20). The van der Waals surface area contributed by atoms with Crippen LogP contribution in [0.2, 0.25) is 10.0 Å². The molecule has 6 heteroatoms. The number of halogens is 3. The van der Waals surface area contributed by atoms with E-state index in [4.69, 9.17) is 27.9 Å². The lowest BCUT2D eigenvalue weighted by atomic mass is 10.2. The molecule has 0 saturated carbocycles. The summed E-state index contributed by atoms with van der Waals surface area (Å²) in [6.45, 7) is 1.87. The summed E-state index contributed by atoms with van der Waals surface area (Å²) >= 11 is 15.1. The average Bonchev–Trinajstić information content (AvgIpc) is 2.36. The van der Waals surface area contributed by atoms with E-state index in [1.54, 1.807) is 18.2 Å². The normalized spacial score (nSPS) is 10.3. The lowest BCUT2D eigenvalue weighted by Crippen LogP contribution is -2.20. The second-order valence-electron chi connectivity index (χ2n) is 4.43. The molecule has 0 fully saturated rings. The van der Waals surface area contributed by atoms with Crippen molar-refractivity contribution in [2.75, 3.05) is 11.9 Å². The van der Waals surface area contributed by atoms with Crippen LogP contribution in [0.1, 0.15) is 5.56 Å². The highest BCUT2D eigenvalue weighted by molar-refractivity contribution is 9.10. The summed E-state index contributed by atoms with van der Waals surface area (Å²) < 4.78 is 6.27. The molecule has 2 aromatic carbocycles. The van der Waals surface area contributed by atoms with Crippen molar-refractivity contribution >= 4 is 50.7 Å². The summed E-state index contributed by atoms with van der Waals surface area (Å²) in [6.07, 6.45) is 0. The smallest absolute Gasteiger partial charge is 0.262 e. The molecule has 2 aromatic rings. The number of carbonyl (C=O) groups excluding carboxylic acids is 1. The van der Waals surface area contributed by atoms with Gasteiger partial charge in [-0.1, -0.05) is 29.3 Å². The van der Waals surface area contributed by atoms with Crippen molar-refractivity contribution in [2.45, 2.75) is 6.92 Å². The van der Waals surface area contributed by atoms with Gasteiger partial charge in [0.25, 0.3) is 5.91 Å². The van der Waals surface area contributed by atoms with Crippen LogP contribution in [0.4, 0.5) is 5.69 Å². The van der Waals surface area contributed by atoms with E-state index < -0.39 is 0 Å². The third-order valence-electron chi connectivity index (χ3n) is 2.59. The minimum Gasteiger partial charge on any atom is -0.483 e. The number of aryl methyl sites for hydroxylation is 1. The molecule has 0 unspecified atom stereocenters. The Hall–Kier alpha value is -1.23. The summed E-state index contributed by atoms with van der Waals surface area (Å²) in [5, 5.41) is 3.59. The van der Waals surface area contributed by atoms with Crippen LogP contribution in [0.3, 0.4) is 0 Å². The molecule has 0 saturated heterocycles. The second-order valence-corrected chi connectivity index (χ2v) is 6.16. The fourth-order valence-electron chi connectivity index (χ4n) is 1.69. The van der Waals surface area contributed by atoms with Crippen LogP contribution in [0.15, 0.2) is 40.9 Å². The molecule has 0 heterocycles. The van der Waals surface area contributed by atoms with E-state index in [1.165, 1.54) is 0 Å². The van der Waals surface area contributed by atoms with Crippen LogP contribution >= 0.6 is 39.1 Å². The molecule has 0 atom stereocenters. The lowest BCUT2D eigenvalue weighted by molar-refractivity contribution is -0.118. The van der Waals surface area contributed by atoms with E-state index >= 15 is 0 Å². The van der Waals surface area contributed by atoms with Gasteiger partial charge in [-0.2, -0.15) is 0 Å². The van der Waals surface area contributed by atoms with E-state index in [1.807, 2.05) is 25.1 Å². The molecule has 0 aromatic heterocycles. The summed E-state index contributed by atoms with van der Waals surface area (Å²) in [7, 11) is 0. The Morgan fingerprint density at radius 1 is 1.19 bits per heavy atom. The van der Waals surface area contributed by atoms with Crippen LogP contribution in [-0.4, -0.2) is 12.5 Å². The predicted molar refractivity (Wildman–Crippen MR) is 89.5 cm³/mol. The van der Waals surface area contributed by atoms with Crippen molar-refractivity contribution in [3.8, 4) is 5.75 Å². The van der Waals surface area contributed by atoms with Crippen LogP contribution < -0.4 is 10.1 Å². The van der Waals surface area contributed by atoms with E-state index in [-0.39, 0.29) is 12.5 Å². The first-order valence-corrected chi connectivity index (χ1v) is 7.64. The summed E-state index contributed by atoms with van der Waals surface area (Å²) in [5.41, 5.74) is 1.64. The quantitative estimate of drug-likeness (QED) is 0.792. The van der Waals surface area contributed by atoms with Gasteiger partial charge < -0.3 is 10.1 Å². The molecule has 0 radical (unpaired) electrons. The maximum absolute atomic E-state index is 11.8. The van der Waals surface area contributed by atoms with Crippen molar-refractivity contribution in [3.05, 3.63) is 56.5 Å². The number of rotatable bonds is 4. The fourth-order valence-corrected chi connectivity index (χ4v) is 2.82. The summed E-state index contributed by atoms with van der Waals surface area (Å²) in [6, 6.07) is 10.5. The first-order valence-electron chi connectivity index (χ1n) is 6.09. The van der Waals surface area contributed by atoms with Gasteiger partial charge in [0.15, 0.2) is 6.61 Å². The van der Waals surface area contributed by atoms with Gasteiger partial charge in [-0.3, -0.25) is 4.79 Å². The van der Waals surface area contributed by atoms with Gasteiger partial charge in [0.2, 0.25) is 0 Å². The monoisotopic (exact) mass is 387 g/mol. The van der Waals surface area contributed by atoms with Crippen molar-refractivity contribution in [1.82, 2.24) is 0 Å². The van der Waals surface area contributed by atoms with E-state index in [0.29, 0.717) is 21.5 Å². The number of hydrogen-bond acceptors (Lipinski definition) is 2. The average molecular weight is 389 g/mol. The molecule has 2 rings (SSSR count). The Balaban J connectivity index is 1.95. The molecule has 3 nitrogen and oxygen atoms in total. The second kappa shape index (κ2) is 7.16. The molecule has 0 spiro atoms. The van der Waals surface area contributed by atoms with Gasteiger partial charge in [0, 0.05) is 15.7 Å². The zero-order valence-electron chi connectivity index (χ0n) is 11.1. The maximum Gasteiger partial charge on any atom is 0.262 e. The van der Waals surface area contributed by atoms with Crippen molar-refractivity contribution in [3.63, 3.8) is 0 Å². The Kier molecular flexibility index (Phi) is 5.51. The highest BCUT2D eigenvalue weighted by atomic mass is 79.9. The van der Waals surface area contributed by atoms with Crippen LogP contribution in [0.5, 0.6) is 5.75 Å². The van der Waals surface area contributed by atoms with Crippen LogP contribution in [-0.2, 0) is 4.79 Å². The molecule has 0 aliphatic carbocycles. The molecule has 0 aliphatic rings. The van der Waals surface area contributed by atoms with Crippen molar-refractivity contribution in [1.29, 1.82) is 0 Å². The third-order valence-corrected chi connectivity index (χ3v) is 3.65. The summed E-state index contributed by atoms with van der Waals surface area (Å²) in [4.78, 5) is 11.8. The first-order chi connectivity index (χ1) is 9.94. The number of benzene rings is 2. The molecular formula is C15H12BrCl2NO2. The molecule has 21 heavy (non-hydrogen) atoms.